The van der Waals surface area contributed by atoms with Gasteiger partial charge in [-0.05, 0) is 54.1 Å². The van der Waals surface area contributed by atoms with Crippen molar-refractivity contribution >= 4 is 28.9 Å². The second-order valence-corrected chi connectivity index (χ2v) is 8.63. The van der Waals surface area contributed by atoms with Crippen LogP contribution in [0.2, 0.25) is 0 Å². The van der Waals surface area contributed by atoms with Gasteiger partial charge >= 0.3 is 5.97 Å². The third-order valence-electron chi connectivity index (χ3n) is 5.16. The van der Waals surface area contributed by atoms with Crippen LogP contribution in [0, 0.1) is 6.92 Å². The van der Waals surface area contributed by atoms with Gasteiger partial charge in [-0.25, -0.2) is 0 Å². The summed E-state index contributed by atoms with van der Waals surface area (Å²) in [7, 11) is 0. The molecule has 2 aromatic carbocycles. The fraction of sp³-hybridized carbons (Fsp3) is 0.192. The van der Waals surface area contributed by atoms with Crippen molar-refractivity contribution in [1.29, 1.82) is 0 Å². The number of para-hydroxylation sites is 1. The molecule has 0 aliphatic carbocycles. The number of rotatable bonds is 7. The summed E-state index contributed by atoms with van der Waals surface area (Å²) in [5.74, 6) is -0.151. The average molecular weight is 460 g/mol. The Morgan fingerprint density at radius 2 is 1.82 bits per heavy atom. The van der Waals surface area contributed by atoms with Gasteiger partial charge in [0.05, 0.1) is 21.8 Å². The number of hydrogen-bond acceptors (Lipinski definition) is 5. The van der Waals surface area contributed by atoms with Crippen molar-refractivity contribution in [1.82, 2.24) is 9.78 Å². The molecule has 6 nitrogen and oxygen atoms in total. The predicted molar refractivity (Wildman–Crippen MR) is 131 cm³/mol. The highest BCUT2D eigenvalue weighted by atomic mass is 32.1. The normalized spacial score (nSPS) is 10.8. The van der Waals surface area contributed by atoms with E-state index in [1.165, 1.54) is 18.3 Å². The number of carbonyl (C=O) groups excluding carboxylic acids is 2. The molecule has 0 saturated carbocycles. The Morgan fingerprint density at radius 1 is 1.06 bits per heavy atom. The van der Waals surface area contributed by atoms with Gasteiger partial charge in [0, 0.05) is 12.6 Å². The fourth-order valence-electron chi connectivity index (χ4n) is 3.66. The first kappa shape index (κ1) is 22.5. The molecular weight excluding hydrogens is 434 g/mol. The summed E-state index contributed by atoms with van der Waals surface area (Å²) < 4.78 is 7.42. The van der Waals surface area contributed by atoms with Crippen LogP contribution in [0.4, 0.5) is 5.69 Å². The quantitative estimate of drug-likeness (QED) is 0.342. The molecule has 0 radical (unpaired) electrons. The maximum absolute atomic E-state index is 12.4. The number of aromatic nitrogens is 2. The SMILES string of the molecule is CCCc1nn(-c2ccccc2C)c(OC(C)=O)c1-c1ccc(NC(=O)c2cccs2)cc1. The number of aryl methyl sites for hydroxylation is 2. The summed E-state index contributed by atoms with van der Waals surface area (Å²) in [4.78, 5) is 25.0. The summed E-state index contributed by atoms with van der Waals surface area (Å²) in [5, 5.41) is 9.62. The van der Waals surface area contributed by atoms with Crippen molar-refractivity contribution in [2.75, 3.05) is 5.32 Å². The Bertz CT molecular complexity index is 1270. The molecule has 4 aromatic rings. The lowest BCUT2D eigenvalue weighted by atomic mass is 10.0. The maximum Gasteiger partial charge on any atom is 0.309 e. The van der Waals surface area contributed by atoms with Crippen LogP contribution in [0.3, 0.4) is 0 Å². The Labute approximate surface area is 196 Å². The van der Waals surface area contributed by atoms with Gasteiger partial charge in [0.1, 0.15) is 0 Å². The molecule has 0 saturated heterocycles. The number of ether oxygens (including phenoxy) is 1. The van der Waals surface area contributed by atoms with E-state index in [0.717, 1.165) is 40.9 Å². The third-order valence-corrected chi connectivity index (χ3v) is 6.03. The van der Waals surface area contributed by atoms with E-state index in [-0.39, 0.29) is 5.91 Å². The number of anilines is 1. The minimum Gasteiger partial charge on any atom is -0.407 e. The molecule has 0 atom stereocenters. The average Bonchev–Trinajstić information content (AvgIpc) is 3.44. The number of benzene rings is 2. The van der Waals surface area contributed by atoms with Crippen LogP contribution in [0.1, 0.15) is 41.2 Å². The van der Waals surface area contributed by atoms with E-state index in [1.807, 2.05) is 66.9 Å². The molecule has 2 aromatic heterocycles. The minimum atomic E-state index is -0.408. The molecule has 2 heterocycles. The van der Waals surface area contributed by atoms with Gasteiger partial charge in [-0.2, -0.15) is 9.78 Å². The molecular formula is C26H25N3O3S. The van der Waals surface area contributed by atoms with Crippen LogP contribution in [-0.2, 0) is 11.2 Å². The molecule has 0 aliphatic heterocycles. The van der Waals surface area contributed by atoms with Gasteiger partial charge in [-0.15, -0.1) is 11.3 Å². The highest BCUT2D eigenvalue weighted by molar-refractivity contribution is 7.12. The van der Waals surface area contributed by atoms with Crippen molar-refractivity contribution in [2.24, 2.45) is 0 Å². The van der Waals surface area contributed by atoms with Gasteiger partial charge in [-0.3, -0.25) is 9.59 Å². The Kier molecular flexibility index (Phi) is 6.70. The van der Waals surface area contributed by atoms with Crippen molar-refractivity contribution in [3.05, 3.63) is 82.2 Å². The van der Waals surface area contributed by atoms with Crippen molar-refractivity contribution in [3.63, 3.8) is 0 Å². The van der Waals surface area contributed by atoms with Crippen LogP contribution in [0.25, 0.3) is 16.8 Å². The van der Waals surface area contributed by atoms with Crippen LogP contribution >= 0.6 is 11.3 Å². The molecule has 0 aliphatic rings. The van der Waals surface area contributed by atoms with Gasteiger partial charge in [-0.1, -0.05) is 49.7 Å². The highest BCUT2D eigenvalue weighted by Crippen LogP contribution is 2.37. The number of thiophene rings is 1. The number of esters is 1. The Morgan fingerprint density at radius 3 is 2.45 bits per heavy atom. The molecule has 0 bridgehead atoms. The largest absolute Gasteiger partial charge is 0.407 e. The smallest absolute Gasteiger partial charge is 0.309 e. The third kappa shape index (κ3) is 4.88. The molecule has 0 fully saturated rings. The van der Waals surface area contributed by atoms with Crippen molar-refractivity contribution in [3.8, 4) is 22.7 Å². The molecule has 1 N–H and O–H groups in total. The van der Waals surface area contributed by atoms with Crippen LogP contribution in [0.15, 0.2) is 66.0 Å². The van der Waals surface area contributed by atoms with E-state index < -0.39 is 5.97 Å². The van der Waals surface area contributed by atoms with Gasteiger partial charge < -0.3 is 10.1 Å². The monoisotopic (exact) mass is 459 g/mol. The van der Waals surface area contributed by atoms with E-state index in [0.29, 0.717) is 16.4 Å². The van der Waals surface area contributed by atoms with E-state index in [1.54, 1.807) is 10.7 Å². The van der Waals surface area contributed by atoms with Crippen LogP contribution in [-0.4, -0.2) is 21.7 Å². The standard InChI is InChI=1S/C26H25N3O3S/c1-4-8-21-24(19-12-14-20(15-13-19)27-25(31)23-11-7-16-33-23)26(32-18(3)30)29(28-21)22-10-6-5-9-17(22)2/h5-7,9-16H,4,8H2,1-3H3,(H,27,31). The van der Waals surface area contributed by atoms with Crippen LogP contribution in [0.5, 0.6) is 5.88 Å². The number of nitrogens with one attached hydrogen (secondary N) is 1. The lowest BCUT2D eigenvalue weighted by Gasteiger charge is -2.11. The number of nitrogens with zero attached hydrogens (tertiary/aromatic N) is 2. The lowest BCUT2D eigenvalue weighted by Crippen LogP contribution is -2.10. The lowest BCUT2D eigenvalue weighted by molar-refractivity contribution is -0.132. The zero-order chi connectivity index (χ0) is 23.4. The van der Waals surface area contributed by atoms with Crippen LogP contribution < -0.4 is 10.1 Å². The zero-order valence-electron chi connectivity index (χ0n) is 18.8. The first-order valence-electron chi connectivity index (χ1n) is 10.8. The van der Waals surface area contributed by atoms with E-state index >= 15 is 0 Å². The minimum absolute atomic E-state index is 0.141. The number of hydrogen-bond donors (Lipinski definition) is 1. The van der Waals surface area contributed by atoms with E-state index in [4.69, 9.17) is 9.84 Å². The summed E-state index contributed by atoms with van der Waals surface area (Å²) >= 11 is 1.40. The first-order chi connectivity index (χ1) is 16.0. The van der Waals surface area contributed by atoms with Crippen molar-refractivity contribution < 1.29 is 14.3 Å². The summed E-state index contributed by atoms with van der Waals surface area (Å²) in [6.07, 6.45) is 1.63. The van der Waals surface area contributed by atoms with E-state index in [9.17, 15) is 9.59 Å². The Hall–Kier alpha value is -3.71. The molecule has 1 amide bonds. The van der Waals surface area contributed by atoms with E-state index in [2.05, 4.69) is 12.2 Å². The fourth-order valence-corrected chi connectivity index (χ4v) is 4.28. The first-order valence-corrected chi connectivity index (χ1v) is 11.7. The summed E-state index contributed by atoms with van der Waals surface area (Å²) in [6, 6.07) is 19.0. The predicted octanol–water partition coefficient (Wildman–Crippen LogP) is 6.04. The van der Waals surface area contributed by atoms with Gasteiger partial charge in [0.25, 0.3) is 5.91 Å². The second-order valence-electron chi connectivity index (χ2n) is 7.68. The molecule has 33 heavy (non-hydrogen) atoms. The molecule has 168 valence electrons. The topological polar surface area (TPSA) is 73.2 Å². The van der Waals surface area contributed by atoms with Gasteiger partial charge in [0.15, 0.2) is 0 Å². The summed E-state index contributed by atoms with van der Waals surface area (Å²) in [6.45, 7) is 5.48. The maximum atomic E-state index is 12.4. The molecule has 0 spiro atoms. The second kappa shape index (κ2) is 9.83. The highest BCUT2D eigenvalue weighted by Gasteiger charge is 2.23. The molecule has 7 heteroatoms. The molecule has 0 unspecified atom stereocenters. The number of amides is 1. The Balaban J connectivity index is 1.76. The van der Waals surface area contributed by atoms with Gasteiger partial charge in [0.2, 0.25) is 5.88 Å². The summed E-state index contributed by atoms with van der Waals surface area (Å²) in [5.41, 5.74) is 5.07. The van der Waals surface area contributed by atoms with Crippen molar-refractivity contribution in [2.45, 2.75) is 33.6 Å². The zero-order valence-corrected chi connectivity index (χ0v) is 19.6. The molecule has 4 rings (SSSR count). The number of carbonyl (C=O) groups is 2.